The maximum atomic E-state index is 11.6. The van der Waals surface area contributed by atoms with Crippen molar-refractivity contribution >= 4 is 11.9 Å². The lowest BCUT2D eigenvalue weighted by atomic mass is 10.1. The van der Waals surface area contributed by atoms with Crippen molar-refractivity contribution in [2.45, 2.75) is 13.8 Å². The molecule has 17 heavy (non-hydrogen) atoms. The zero-order valence-electron chi connectivity index (χ0n) is 10.2. The van der Waals surface area contributed by atoms with Gasteiger partial charge in [-0.15, -0.1) is 0 Å². The fourth-order valence-electron chi connectivity index (χ4n) is 1.31. The second-order valence-electron chi connectivity index (χ2n) is 3.19. The molecule has 1 heterocycles. The first-order valence-corrected chi connectivity index (χ1v) is 5.77. The molecule has 0 aliphatic rings. The number of benzene rings is 1. The van der Waals surface area contributed by atoms with Crippen LogP contribution in [0.2, 0.25) is 0 Å². The van der Waals surface area contributed by atoms with E-state index < -0.39 is 0 Å². The van der Waals surface area contributed by atoms with Crippen molar-refractivity contribution < 1.29 is 4.79 Å². The number of aromatic nitrogens is 1. The van der Waals surface area contributed by atoms with E-state index in [-0.39, 0.29) is 5.78 Å². The fourth-order valence-corrected chi connectivity index (χ4v) is 1.31. The molecule has 2 nitrogen and oxygen atoms in total. The molecule has 0 aliphatic heterocycles. The molecule has 0 bridgehead atoms. The van der Waals surface area contributed by atoms with Gasteiger partial charge in [0, 0.05) is 17.5 Å². The molecule has 0 radical (unpaired) electrons. The Morgan fingerprint density at radius 2 is 1.76 bits per heavy atom. The van der Waals surface area contributed by atoms with Gasteiger partial charge in [-0.2, -0.15) is 0 Å². The molecular weight excluding hydrogens is 210 g/mol. The Balaban J connectivity index is 0.000000686. The van der Waals surface area contributed by atoms with Crippen molar-refractivity contribution in [2.24, 2.45) is 0 Å². The van der Waals surface area contributed by atoms with Gasteiger partial charge in [-0.1, -0.05) is 44.2 Å². The molecule has 2 rings (SSSR count). The number of carbonyl (C=O) groups is 1. The van der Waals surface area contributed by atoms with Crippen LogP contribution in [0.3, 0.4) is 0 Å². The van der Waals surface area contributed by atoms with E-state index in [1.54, 1.807) is 24.3 Å². The van der Waals surface area contributed by atoms with Crippen LogP contribution in [-0.4, -0.2) is 10.8 Å². The lowest BCUT2D eigenvalue weighted by Crippen LogP contribution is -1.92. The van der Waals surface area contributed by atoms with Crippen LogP contribution in [0.1, 0.15) is 29.9 Å². The molecule has 2 aromatic rings. The monoisotopic (exact) mass is 227 g/mol. The summed E-state index contributed by atoms with van der Waals surface area (Å²) in [5.41, 5.74) is 1.64. The SMILES string of the molecule is CC.O=C(/C=C/c1ccc[nH]1)c1ccccc1. The highest BCUT2D eigenvalue weighted by atomic mass is 16.1. The molecule has 0 fully saturated rings. The molecule has 0 spiro atoms. The number of hydrogen-bond acceptors (Lipinski definition) is 1. The van der Waals surface area contributed by atoms with Crippen LogP contribution in [0, 0.1) is 0 Å². The normalized spacial score (nSPS) is 9.76. The molecule has 88 valence electrons. The predicted molar refractivity (Wildman–Crippen MR) is 71.9 cm³/mol. The van der Waals surface area contributed by atoms with Gasteiger partial charge >= 0.3 is 0 Å². The van der Waals surface area contributed by atoms with Crippen LogP contribution in [0.5, 0.6) is 0 Å². The third kappa shape index (κ3) is 4.11. The molecule has 0 unspecified atom stereocenters. The van der Waals surface area contributed by atoms with Crippen LogP contribution in [0.4, 0.5) is 0 Å². The number of nitrogens with one attached hydrogen (secondary N) is 1. The molecule has 0 aliphatic carbocycles. The minimum atomic E-state index is 0.0187. The largest absolute Gasteiger partial charge is 0.362 e. The van der Waals surface area contributed by atoms with Crippen molar-refractivity contribution in [2.75, 3.05) is 0 Å². The molecule has 1 aromatic carbocycles. The van der Waals surface area contributed by atoms with Gasteiger partial charge in [-0.25, -0.2) is 0 Å². The standard InChI is InChI=1S/C13H11NO.C2H6/c15-13(11-5-2-1-3-6-11)9-8-12-7-4-10-14-12;1-2/h1-10,14H;1-2H3/b9-8+;. The van der Waals surface area contributed by atoms with Crippen LogP contribution in [0.25, 0.3) is 6.08 Å². The second-order valence-corrected chi connectivity index (χ2v) is 3.19. The number of ketones is 1. The molecule has 1 N–H and O–H groups in total. The zero-order chi connectivity index (χ0) is 12.5. The Kier molecular flexibility index (Phi) is 5.52. The summed E-state index contributed by atoms with van der Waals surface area (Å²) in [5, 5.41) is 0. The van der Waals surface area contributed by atoms with Gasteiger partial charge in [0.1, 0.15) is 0 Å². The van der Waals surface area contributed by atoms with Gasteiger partial charge in [0.2, 0.25) is 0 Å². The van der Waals surface area contributed by atoms with E-state index in [1.165, 1.54) is 0 Å². The Morgan fingerprint density at radius 1 is 1.06 bits per heavy atom. The van der Waals surface area contributed by atoms with E-state index in [1.807, 2.05) is 50.4 Å². The summed E-state index contributed by atoms with van der Waals surface area (Å²) in [7, 11) is 0. The molecular formula is C15H17NO. The number of carbonyl (C=O) groups excluding carboxylic acids is 1. The first-order chi connectivity index (χ1) is 8.36. The quantitative estimate of drug-likeness (QED) is 0.625. The van der Waals surface area contributed by atoms with E-state index in [4.69, 9.17) is 0 Å². The average Bonchev–Trinajstić information content (AvgIpc) is 2.92. The maximum Gasteiger partial charge on any atom is 0.185 e. The summed E-state index contributed by atoms with van der Waals surface area (Å²) in [6, 6.07) is 13.0. The molecule has 0 atom stereocenters. The maximum absolute atomic E-state index is 11.6. The summed E-state index contributed by atoms with van der Waals surface area (Å²) in [6.07, 6.45) is 5.17. The van der Waals surface area contributed by atoms with E-state index >= 15 is 0 Å². The van der Waals surface area contributed by atoms with E-state index in [9.17, 15) is 4.79 Å². The van der Waals surface area contributed by atoms with Gasteiger partial charge in [-0.05, 0) is 24.3 Å². The van der Waals surface area contributed by atoms with Crippen molar-refractivity contribution in [3.8, 4) is 0 Å². The third-order valence-electron chi connectivity index (χ3n) is 2.09. The highest BCUT2D eigenvalue weighted by Crippen LogP contribution is 2.03. The molecule has 0 amide bonds. The summed E-state index contributed by atoms with van der Waals surface area (Å²) in [6.45, 7) is 4.00. The van der Waals surface area contributed by atoms with Crippen LogP contribution in [0.15, 0.2) is 54.7 Å². The summed E-state index contributed by atoms with van der Waals surface area (Å²) >= 11 is 0. The summed E-state index contributed by atoms with van der Waals surface area (Å²) < 4.78 is 0. The minimum absolute atomic E-state index is 0.0187. The number of allylic oxidation sites excluding steroid dienone is 1. The van der Waals surface area contributed by atoms with Crippen molar-refractivity contribution in [1.82, 2.24) is 4.98 Å². The smallest absolute Gasteiger partial charge is 0.185 e. The number of rotatable bonds is 3. The van der Waals surface area contributed by atoms with E-state index in [0.29, 0.717) is 5.56 Å². The Morgan fingerprint density at radius 3 is 2.35 bits per heavy atom. The highest BCUT2D eigenvalue weighted by molar-refractivity contribution is 6.06. The number of hydrogen-bond donors (Lipinski definition) is 1. The first-order valence-electron chi connectivity index (χ1n) is 5.77. The van der Waals surface area contributed by atoms with E-state index in [2.05, 4.69) is 4.98 Å². The predicted octanol–water partition coefficient (Wildman–Crippen LogP) is 3.94. The first kappa shape index (κ1) is 13.0. The fraction of sp³-hybridized carbons (Fsp3) is 0.133. The van der Waals surface area contributed by atoms with Crippen molar-refractivity contribution in [1.29, 1.82) is 0 Å². The van der Waals surface area contributed by atoms with Gasteiger partial charge in [0.15, 0.2) is 5.78 Å². The lowest BCUT2D eigenvalue weighted by molar-refractivity contribution is 0.104. The van der Waals surface area contributed by atoms with Gasteiger partial charge in [-0.3, -0.25) is 4.79 Å². The Hall–Kier alpha value is -2.09. The third-order valence-corrected chi connectivity index (χ3v) is 2.09. The Bertz CT molecular complexity index is 455. The average molecular weight is 227 g/mol. The Labute approximate surface area is 102 Å². The summed E-state index contributed by atoms with van der Waals surface area (Å²) in [4.78, 5) is 14.6. The molecule has 0 saturated heterocycles. The molecule has 2 heteroatoms. The number of aromatic amines is 1. The van der Waals surface area contributed by atoms with E-state index in [0.717, 1.165) is 5.69 Å². The minimum Gasteiger partial charge on any atom is -0.362 e. The van der Waals surface area contributed by atoms with Crippen molar-refractivity contribution in [3.05, 3.63) is 66.0 Å². The van der Waals surface area contributed by atoms with Crippen molar-refractivity contribution in [3.63, 3.8) is 0 Å². The second kappa shape index (κ2) is 7.23. The summed E-state index contributed by atoms with van der Waals surface area (Å²) in [5.74, 6) is 0.0187. The van der Waals surface area contributed by atoms with Gasteiger partial charge < -0.3 is 4.98 Å². The zero-order valence-corrected chi connectivity index (χ0v) is 10.2. The van der Waals surface area contributed by atoms with Crippen LogP contribution in [-0.2, 0) is 0 Å². The molecule has 1 aromatic heterocycles. The number of H-pyrrole nitrogens is 1. The molecule has 0 saturated carbocycles. The lowest BCUT2D eigenvalue weighted by Gasteiger charge is -1.93. The van der Waals surface area contributed by atoms with Gasteiger partial charge in [0.05, 0.1) is 0 Å². The van der Waals surface area contributed by atoms with Crippen LogP contribution < -0.4 is 0 Å². The van der Waals surface area contributed by atoms with Crippen LogP contribution >= 0.6 is 0 Å². The van der Waals surface area contributed by atoms with Gasteiger partial charge in [0.25, 0.3) is 0 Å². The highest BCUT2D eigenvalue weighted by Gasteiger charge is 1.98. The topological polar surface area (TPSA) is 32.9 Å².